The zero-order valence-electron chi connectivity index (χ0n) is 17.5. The Labute approximate surface area is 173 Å². The molecule has 0 atom stereocenters. The van der Waals surface area contributed by atoms with Crippen LogP contribution in [-0.2, 0) is 0 Å². The first-order chi connectivity index (χ1) is 13.2. The summed E-state index contributed by atoms with van der Waals surface area (Å²) in [6.07, 6.45) is 3.79. The van der Waals surface area contributed by atoms with Crippen LogP contribution in [-0.4, -0.2) is 23.2 Å². The van der Waals surface area contributed by atoms with Crippen LogP contribution < -0.4 is 0 Å². The zero-order valence-corrected chi connectivity index (χ0v) is 19.3. The molecular weight excluding hydrogens is 384 g/mol. The van der Waals surface area contributed by atoms with Gasteiger partial charge in [0.05, 0.1) is 10.6 Å². The lowest BCUT2D eigenvalue weighted by atomic mass is 10.0. The first kappa shape index (κ1) is 20.8. The molecule has 2 aromatic heterocycles. The van der Waals surface area contributed by atoms with Crippen LogP contribution in [0.2, 0.25) is 21.6 Å². The predicted octanol–water partition coefficient (Wildman–Crippen LogP) is 6.94. The van der Waals surface area contributed by atoms with Crippen molar-refractivity contribution in [3.05, 3.63) is 64.9 Å². The summed E-state index contributed by atoms with van der Waals surface area (Å²) < 4.78 is 2.42. The van der Waals surface area contributed by atoms with Crippen molar-refractivity contribution >= 4 is 36.7 Å². The monoisotopic (exact) mass is 412 g/mol. The van der Waals surface area contributed by atoms with E-state index in [-0.39, 0.29) is 5.78 Å². The molecule has 0 spiro atoms. The minimum atomic E-state index is -1.94. The van der Waals surface area contributed by atoms with Crippen LogP contribution in [0.4, 0.5) is 0 Å². The third-order valence-electron chi connectivity index (χ3n) is 6.12. The molecule has 0 aliphatic heterocycles. The Kier molecular flexibility index (Phi) is 5.83. The molecule has 3 aromatic rings. The van der Waals surface area contributed by atoms with Gasteiger partial charge in [-0.15, -0.1) is 0 Å². The van der Waals surface area contributed by atoms with Crippen molar-refractivity contribution in [2.45, 2.75) is 58.2 Å². The van der Waals surface area contributed by atoms with Crippen LogP contribution in [0.15, 0.2) is 48.8 Å². The molecule has 0 saturated carbocycles. The number of aromatic nitrogens is 2. The average molecular weight is 413 g/mol. The van der Waals surface area contributed by atoms with Gasteiger partial charge in [0, 0.05) is 17.1 Å². The van der Waals surface area contributed by atoms with E-state index in [1.54, 1.807) is 6.20 Å². The van der Waals surface area contributed by atoms with Crippen LogP contribution >= 0.6 is 11.6 Å². The van der Waals surface area contributed by atoms with Gasteiger partial charge < -0.3 is 4.23 Å². The number of carbonyl (C=O) groups excluding carboxylic acids is 1. The number of hydrogen-bond acceptors (Lipinski definition) is 2. The van der Waals surface area contributed by atoms with Crippen molar-refractivity contribution in [3.8, 4) is 0 Å². The van der Waals surface area contributed by atoms with Gasteiger partial charge in [0.25, 0.3) is 0 Å². The van der Waals surface area contributed by atoms with Gasteiger partial charge in [-0.1, -0.05) is 83.5 Å². The number of benzene rings is 1. The summed E-state index contributed by atoms with van der Waals surface area (Å²) in [5, 5.41) is 1.36. The minimum Gasteiger partial charge on any atom is -0.359 e. The molecule has 148 valence electrons. The minimum absolute atomic E-state index is 0.0900. The lowest BCUT2D eigenvalue weighted by molar-refractivity contribution is 0.103. The highest BCUT2D eigenvalue weighted by molar-refractivity contribution is 6.82. The Bertz CT molecular complexity index is 971. The Morgan fingerprint density at radius 2 is 1.54 bits per heavy atom. The van der Waals surface area contributed by atoms with Gasteiger partial charge in [0.1, 0.15) is 5.65 Å². The fourth-order valence-corrected chi connectivity index (χ4v) is 11.9. The lowest BCUT2D eigenvalue weighted by Crippen LogP contribution is -2.51. The third kappa shape index (κ3) is 3.13. The van der Waals surface area contributed by atoms with E-state index in [2.05, 4.69) is 52.0 Å². The second-order valence-corrected chi connectivity index (χ2v) is 14.6. The SMILES string of the molecule is CC(C)[Si](C(C)C)(C(C)C)n1ccc2c(Cl)c(C(=O)c3ccccc3)cnc21. The van der Waals surface area contributed by atoms with Gasteiger partial charge in [-0.2, -0.15) is 0 Å². The largest absolute Gasteiger partial charge is 0.359 e. The Balaban J connectivity index is 2.20. The number of nitrogens with zero attached hydrogens (tertiary/aromatic N) is 2. The molecule has 0 saturated heterocycles. The standard InChI is InChI=1S/C23H29ClN2OSi/c1-15(2)28(16(3)4,17(5)6)26-13-12-19-21(24)20(14-25-23(19)26)22(27)18-10-8-7-9-11-18/h7-17H,1-6H3. The fourth-order valence-electron chi connectivity index (χ4n) is 5.10. The Morgan fingerprint density at radius 3 is 2.07 bits per heavy atom. The van der Waals surface area contributed by atoms with Crippen molar-refractivity contribution < 1.29 is 4.79 Å². The van der Waals surface area contributed by atoms with E-state index in [1.807, 2.05) is 36.4 Å². The summed E-state index contributed by atoms with van der Waals surface area (Å²) >= 11 is 6.73. The summed E-state index contributed by atoms with van der Waals surface area (Å²) in [6, 6.07) is 11.3. The molecule has 0 unspecified atom stereocenters. The molecule has 3 nitrogen and oxygen atoms in total. The van der Waals surface area contributed by atoms with E-state index < -0.39 is 8.24 Å². The van der Waals surface area contributed by atoms with Crippen LogP contribution in [0.3, 0.4) is 0 Å². The van der Waals surface area contributed by atoms with Crippen LogP contribution in [0.1, 0.15) is 57.5 Å². The molecule has 2 heterocycles. The normalized spacial score (nSPS) is 12.5. The van der Waals surface area contributed by atoms with Gasteiger partial charge in [0.15, 0.2) is 14.0 Å². The molecule has 1 aromatic carbocycles. The van der Waals surface area contributed by atoms with Gasteiger partial charge in [-0.05, 0) is 28.9 Å². The molecule has 3 rings (SSSR count). The number of rotatable bonds is 6. The molecule has 0 fully saturated rings. The van der Waals surface area contributed by atoms with E-state index in [4.69, 9.17) is 16.6 Å². The Hall–Kier alpha value is -1.91. The average Bonchev–Trinajstić information content (AvgIpc) is 3.07. The molecular formula is C23H29ClN2OSi. The zero-order chi connectivity index (χ0) is 20.6. The molecule has 0 bridgehead atoms. The van der Waals surface area contributed by atoms with Gasteiger partial charge in [-0.25, -0.2) is 4.98 Å². The van der Waals surface area contributed by atoms with Crippen LogP contribution in [0.5, 0.6) is 0 Å². The van der Waals surface area contributed by atoms with Crippen LogP contribution in [0, 0.1) is 0 Å². The maximum Gasteiger partial charge on any atom is 0.196 e. The second kappa shape index (κ2) is 7.84. The topological polar surface area (TPSA) is 34.9 Å². The predicted molar refractivity (Wildman–Crippen MR) is 121 cm³/mol. The highest BCUT2D eigenvalue weighted by atomic mass is 35.5. The number of hydrogen-bond donors (Lipinski definition) is 0. The highest BCUT2D eigenvalue weighted by Gasteiger charge is 2.46. The quantitative estimate of drug-likeness (QED) is 0.324. The van der Waals surface area contributed by atoms with E-state index in [0.29, 0.717) is 32.8 Å². The molecule has 5 heteroatoms. The van der Waals surface area contributed by atoms with Crippen LogP contribution in [0.25, 0.3) is 11.0 Å². The number of ketones is 1. The van der Waals surface area contributed by atoms with Crippen molar-refractivity contribution in [1.29, 1.82) is 0 Å². The lowest BCUT2D eigenvalue weighted by Gasteiger charge is -2.44. The molecule has 0 aliphatic carbocycles. The molecule has 0 aliphatic rings. The van der Waals surface area contributed by atoms with Gasteiger partial charge in [-0.3, -0.25) is 4.79 Å². The number of pyridine rings is 1. The van der Waals surface area contributed by atoms with E-state index in [0.717, 1.165) is 11.0 Å². The van der Waals surface area contributed by atoms with Crippen molar-refractivity contribution in [3.63, 3.8) is 0 Å². The fraction of sp³-hybridized carbons (Fsp3) is 0.391. The molecule has 0 radical (unpaired) electrons. The van der Waals surface area contributed by atoms with E-state index in [9.17, 15) is 4.79 Å². The smallest absolute Gasteiger partial charge is 0.196 e. The summed E-state index contributed by atoms with van der Waals surface area (Å²) in [5.41, 5.74) is 3.64. The summed E-state index contributed by atoms with van der Waals surface area (Å²) in [4.78, 5) is 17.7. The number of halogens is 1. The maximum absolute atomic E-state index is 12.9. The molecule has 0 N–H and O–H groups in total. The summed E-state index contributed by atoms with van der Waals surface area (Å²) in [6.45, 7) is 14.0. The first-order valence-corrected chi connectivity index (χ1v) is 12.5. The second-order valence-electron chi connectivity index (χ2n) is 8.46. The highest BCUT2D eigenvalue weighted by Crippen LogP contribution is 2.44. The summed E-state index contributed by atoms with van der Waals surface area (Å²) in [5.74, 6) is -0.0900. The van der Waals surface area contributed by atoms with Gasteiger partial charge >= 0.3 is 0 Å². The van der Waals surface area contributed by atoms with E-state index in [1.165, 1.54) is 0 Å². The molecule has 0 amide bonds. The van der Waals surface area contributed by atoms with E-state index >= 15 is 0 Å². The molecule has 28 heavy (non-hydrogen) atoms. The summed E-state index contributed by atoms with van der Waals surface area (Å²) in [7, 11) is -1.94. The third-order valence-corrected chi connectivity index (χ3v) is 13.3. The van der Waals surface area contributed by atoms with Crippen molar-refractivity contribution in [2.75, 3.05) is 0 Å². The van der Waals surface area contributed by atoms with Crippen molar-refractivity contribution in [2.24, 2.45) is 0 Å². The first-order valence-electron chi connectivity index (χ1n) is 9.98. The Morgan fingerprint density at radius 1 is 0.964 bits per heavy atom. The number of fused-ring (bicyclic) bond motifs is 1. The number of carbonyl (C=O) groups is 1. The van der Waals surface area contributed by atoms with Crippen molar-refractivity contribution in [1.82, 2.24) is 9.22 Å². The van der Waals surface area contributed by atoms with Gasteiger partial charge in [0.2, 0.25) is 0 Å². The maximum atomic E-state index is 12.9.